The van der Waals surface area contributed by atoms with Crippen molar-refractivity contribution in [3.05, 3.63) is 29.3 Å². The van der Waals surface area contributed by atoms with E-state index in [0.717, 1.165) is 44.7 Å². The summed E-state index contributed by atoms with van der Waals surface area (Å²) < 4.78 is 0. The van der Waals surface area contributed by atoms with Gasteiger partial charge < -0.3 is 10.2 Å². The summed E-state index contributed by atoms with van der Waals surface area (Å²) in [6, 6.07) is 7.07. The van der Waals surface area contributed by atoms with Crippen LogP contribution in [-0.4, -0.2) is 54.3 Å². The molecule has 0 atom stereocenters. The number of hydrogen-bond donors (Lipinski definition) is 1. The first-order chi connectivity index (χ1) is 10.6. The number of benzene rings is 1. The third-order valence-electron chi connectivity index (χ3n) is 4.11. The molecule has 1 saturated carbocycles. The van der Waals surface area contributed by atoms with Crippen LogP contribution in [0.3, 0.4) is 0 Å². The van der Waals surface area contributed by atoms with E-state index in [4.69, 9.17) is 11.6 Å². The summed E-state index contributed by atoms with van der Waals surface area (Å²) in [5, 5.41) is 3.51. The topological polar surface area (TPSA) is 52.7 Å². The van der Waals surface area contributed by atoms with E-state index < -0.39 is 0 Å². The van der Waals surface area contributed by atoms with Crippen LogP contribution in [0.2, 0.25) is 5.02 Å². The van der Waals surface area contributed by atoms with Gasteiger partial charge in [0.15, 0.2) is 0 Å². The van der Waals surface area contributed by atoms with E-state index in [2.05, 4.69) is 10.2 Å². The van der Waals surface area contributed by atoms with Gasteiger partial charge in [-0.15, -0.1) is 0 Å². The molecule has 0 aromatic heterocycles. The van der Waals surface area contributed by atoms with Gasteiger partial charge in [0.2, 0.25) is 11.8 Å². The fraction of sp³-hybridized carbons (Fsp3) is 0.500. The molecule has 1 saturated heterocycles. The van der Waals surface area contributed by atoms with Crippen molar-refractivity contribution in [2.45, 2.75) is 12.8 Å². The van der Waals surface area contributed by atoms with Gasteiger partial charge in [0, 0.05) is 42.8 Å². The van der Waals surface area contributed by atoms with Gasteiger partial charge in [-0.2, -0.15) is 0 Å². The summed E-state index contributed by atoms with van der Waals surface area (Å²) in [5.74, 6) is 0.536. The number of rotatable bonds is 4. The second-order valence-electron chi connectivity index (χ2n) is 5.93. The average Bonchev–Trinajstić information content (AvgIpc) is 3.34. The highest BCUT2D eigenvalue weighted by atomic mass is 35.5. The van der Waals surface area contributed by atoms with Crippen molar-refractivity contribution in [3.8, 4) is 0 Å². The summed E-state index contributed by atoms with van der Waals surface area (Å²) in [6.45, 7) is 3.32. The number of piperazine rings is 1. The predicted molar refractivity (Wildman–Crippen MR) is 85.8 cm³/mol. The summed E-state index contributed by atoms with van der Waals surface area (Å²) >= 11 is 5.82. The van der Waals surface area contributed by atoms with E-state index in [0.29, 0.717) is 17.5 Å². The smallest absolute Gasteiger partial charge is 0.238 e. The van der Waals surface area contributed by atoms with E-state index in [-0.39, 0.29) is 11.8 Å². The van der Waals surface area contributed by atoms with Crippen molar-refractivity contribution in [2.75, 3.05) is 38.0 Å². The van der Waals surface area contributed by atoms with Gasteiger partial charge in [-0.3, -0.25) is 14.5 Å². The monoisotopic (exact) mass is 321 g/mol. The molecule has 2 aliphatic rings. The van der Waals surface area contributed by atoms with Crippen LogP contribution >= 0.6 is 11.6 Å². The standard InChI is InChI=1S/C16H20ClN3O2/c17-13-3-5-14(6-4-13)18-15(21)11-19-7-9-20(10-8-19)16(22)12-1-2-12/h3-6,12H,1-2,7-11H2,(H,18,21). The number of nitrogens with zero attached hydrogens (tertiary/aromatic N) is 2. The Bertz CT molecular complexity index is 549. The van der Waals surface area contributed by atoms with Gasteiger partial charge in [-0.05, 0) is 37.1 Å². The fourth-order valence-corrected chi connectivity index (χ4v) is 2.78. The first kappa shape index (κ1) is 15.3. The quantitative estimate of drug-likeness (QED) is 0.920. The Labute approximate surface area is 135 Å². The zero-order chi connectivity index (χ0) is 15.5. The van der Waals surface area contributed by atoms with E-state index in [9.17, 15) is 9.59 Å². The van der Waals surface area contributed by atoms with Crippen LogP contribution in [0.5, 0.6) is 0 Å². The summed E-state index contributed by atoms with van der Waals surface area (Å²) in [6.07, 6.45) is 2.09. The highest BCUT2D eigenvalue weighted by molar-refractivity contribution is 6.30. The van der Waals surface area contributed by atoms with Gasteiger partial charge in [0.25, 0.3) is 0 Å². The SMILES string of the molecule is O=C(CN1CCN(C(=O)C2CC2)CC1)Nc1ccc(Cl)cc1. The molecule has 0 radical (unpaired) electrons. The Morgan fingerprint density at radius 2 is 1.73 bits per heavy atom. The summed E-state index contributed by atoms with van der Waals surface area (Å²) in [4.78, 5) is 28.0. The lowest BCUT2D eigenvalue weighted by molar-refractivity contribution is -0.134. The summed E-state index contributed by atoms with van der Waals surface area (Å²) in [7, 11) is 0. The van der Waals surface area contributed by atoms with Crippen LogP contribution in [0, 0.1) is 5.92 Å². The maximum atomic E-state index is 12.0. The van der Waals surface area contributed by atoms with Gasteiger partial charge >= 0.3 is 0 Å². The molecule has 0 bridgehead atoms. The minimum absolute atomic E-state index is 0.0377. The molecule has 1 aromatic carbocycles. The molecule has 22 heavy (non-hydrogen) atoms. The minimum Gasteiger partial charge on any atom is -0.340 e. The highest BCUT2D eigenvalue weighted by Crippen LogP contribution is 2.31. The second-order valence-corrected chi connectivity index (χ2v) is 6.37. The van der Waals surface area contributed by atoms with Crippen molar-refractivity contribution < 1.29 is 9.59 Å². The maximum Gasteiger partial charge on any atom is 0.238 e. The van der Waals surface area contributed by atoms with Crippen LogP contribution in [0.4, 0.5) is 5.69 Å². The van der Waals surface area contributed by atoms with Gasteiger partial charge in [0.05, 0.1) is 6.54 Å². The zero-order valence-electron chi connectivity index (χ0n) is 12.4. The number of halogens is 1. The molecule has 6 heteroatoms. The Balaban J connectivity index is 1.43. The van der Waals surface area contributed by atoms with E-state index in [1.807, 2.05) is 4.90 Å². The minimum atomic E-state index is -0.0377. The Morgan fingerprint density at radius 3 is 2.32 bits per heavy atom. The molecule has 0 spiro atoms. The van der Waals surface area contributed by atoms with Crippen LogP contribution in [0.15, 0.2) is 24.3 Å². The molecule has 2 fully saturated rings. The molecule has 1 heterocycles. The van der Waals surface area contributed by atoms with Crippen LogP contribution < -0.4 is 5.32 Å². The second kappa shape index (κ2) is 6.67. The highest BCUT2D eigenvalue weighted by Gasteiger charge is 2.34. The van der Waals surface area contributed by atoms with E-state index in [1.54, 1.807) is 24.3 Å². The lowest BCUT2D eigenvalue weighted by Crippen LogP contribution is -2.50. The number of amides is 2. The Morgan fingerprint density at radius 1 is 1.09 bits per heavy atom. The van der Waals surface area contributed by atoms with Crippen molar-refractivity contribution >= 4 is 29.1 Å². The molecule has 1 N–H and O–H groups in total. The zero-order valence-corrected chi connectivity index (χ0v) is 13.2. The molecule has 3 rings (SSSR count). The van der Waals surface area contributed by atoms with Crippen LogP contribution in [0.1, 0.15) is 12.8 Å². The maximum absolute atomic E-state index is 12.0. The van der Waals surface area contributed by atoms with Crippen LogP contribution in [-0.2, 0) is 9.59 Å². The fourth-order valence-electron chi connectivity index (χ4n) is 2.65. The normalized spacial score (nSPS) is 19.0. The largest absolute Gasteiger partial charge is 0.340 e. The number of anilines is 1. The van der Waals surface area contributed by atoms with Crippen molar-refractivity contribution in [1.29, 1.82) is 0 Å². The van der Waals surface area contributed by atoms with Gasteiger partial charge in [-0.25, -0.2) is 0 Å². The third-order valence-corrected chi connectivity index (χ3v) is 4.36. The average molecular weight is 322 g/mol. The third kappa shape index (κ3) is 3.99. The molecule has 1 aliphatic carbocycles. The number of carbonyl (C=O) groups excluding carboxylic acids is 2. The lowest BCUT2D eigenvalue weighted by Gasteiger charge is -2.34. The molecular weight excluding hydrogens is 302 g/mol. The number of hydrogen-bond acceptors (Lipinski definition) is 3. The summed E-state index contributed by atoms with van der Waals surface area (Å²) in [5.41, 5.74) is 0.747. The Kier molecular flexibility index (Phi) is 4.64. The van der Waals surface area contributed by atoms with Gasteiger partial charge in [-0.1, -0.05) is 11.6 Å². The molecule has 2 amide bonds. The Hall–Kier alpha value is -1.59. The first-order valence-corrected chi connectivity index (χ1v) is 8.06. The van der Waals surface area contributed by atoms with E-state index >= 15 is 0 Å². The lowest BCUT2D eigenvalue weighted by atomic mass is 10.2. The molecule has 118 valence electrons. The van der Waals surface area contributed by atoms with Crippen molar-refractivity contribution in [2.24, 2.45) is 5.92 Å². The first-order valence-electron chi connectivity index (χ1n) is 7.68. The van der Waals surface area contributed by atoms with Crippen molar-refractivity contribution in [3.63, 3.8) is 0 Å². The molecule has 5 nitrogen and oxygen atoms in total. The molecular formula is C16H20ClN3O2. The number of carbonyl (C=O) groups is 2. The molecule has 0 unspecified atom stereocenters. The number of nitrogens with one attached hydrogen (secondary N) is 1. The predicted octanol–water partition coefficient (Wildman–Crippen LogP) is 1.83. The van der Waals surface area contributed by atoms with E-state index in [1.165, 1.54) is 0 Å². The van der Waals surface area contributed by atoms with Crippen molar-refractivity contribution in [1.82, 2.24) is 9.80 Å². The molecule has 1 aliphatic heterocycles. The molecule has 1 aromatic rings. The van der Waals surface area contributed by atoms with Gasteiger partial charge in [0.1, 0.15) is 0 Å². The van der Waals surface area contributed by atoms with Crippen LogP contribution in [0.25, 0.3) is 0 Å².